The van der Waals surface area contributed by atoms with Gasteiger partial charge in [0.05, 0.1) is 31.7 Å². The van der Waals surface area contributed by atoms with Crippen molar-refractivity contribution in [3.8, 4) is 16.9 Å². The van der Waals surface area contributed by atoms with E-state index in [-0.39, 0.29) is 52.7 Å². The fourth-order valence-corrected chi connectivity index (χ4v) is 10.2. The number of ether oxygens (including phenoxy) is 1. The first-order valence-corrected chi connectivity index (χ1v) is 22.7. The number of amides is 4. The van der Waals surface area contributed by atoms with Crippen LogP contribution in [-0.4, -0.2) is 120 Å². The monoisotopic (exact) mass is 893 g/mol. The van der Waals surface area contributed by atoms with Crippen molar-refractivity contribution in [1.82, 2.24) is 35.3 Å². The summed E-state index contributed by atoms with van der Waals surface area (Å²) < 4.78 is 36.9. The molecule has 16 nitrogen and oxygen atoms in total. The van der Waals surface area contributed by atoms with Crippen LogP contribution in [0.5, 0.6) is 5.75 Å². The first-order valence-electron chi connectivity index (χ1n) is 22.7. The molecule has 1 atom stereocenters. The van der Waals surface area contributed by atoms with Crippen molar-refractivity contribution in [1.29, 1.82) is 0 Å². The van der Waals surface area contributed by atoms with Gasteiger partial charge in [-0.1, -0.05) is 12.1 Å². The van der Waals surface area contributed by atoms with Gasteiger partial charge in [-0.15, -0.1) is 0 Å². The summed E-state index contributed by atoms with van der Waals surface area (Å²) in [6.45, 7) is 8.05. The molecule has 9 rings (SSSR count). The minimum absolute atomic E-state index is 0.112. The van der Waals surface area contributed by atoms with Crippen molar-refractivity contribution in [2.45, 2.75) is 89.3 Å². The number of hydrogen-bond donors (Lipinski definition) is 3. The minimum atomic E-state index is -3.59. The number of nitrogens with one attached hydrogen (secondary N) is 3. The molecule has 5 aliphatic rings. The van der Waals surface area contributed by atoms with Crippen LogP contribution in [0.2, 0.25) is 0 Å². The number of anilines is 5. The van der Waals surface area contributed by atoms with Gasteiger partial charge in [0.1, 0.15) is 17.5 Å². The van der Waals surface area contributed by atoms with Gasteiger partial charge in [0.15, 0.2) is 5.82 Å². The number of alkyl halides is 2. The van der Waals surface area contributed by atoms with E-state index in [4.69, 9.17) is 4.74 Å². The second-order valence-electron chi connectivity index (χ2n) is 18.8. The zero-order valence-electron chi connectivity index (χ0n) is 37.4. The van der Waals surface area contributed by atoms with Gasteiger partial charge in [-0.3, -0.25) is 29.2 Å². The normalized spacial score (nSPS) is 21.5. The van der Waals surface area contributed by atoms with Crippen molar-refractivity contribution in [3.63, 3.8) is 0 Å². The van der Waals surface area contributed by atoms with Crippen LogP contribution in [0.4, 0.5) is 37.6 Å². The molecule has 3 N–H and O–H groups in total. The number of fused-ring (bicyclic) bond motifs is 1. The molecule has 4 amide bonds. The second kappa shape index (κ2) is 17.7. The molecule has 65 heavy (non-hydrogen) atoms. The van der Waals surface area contributed by atoms with E-state index >= 15 is 0 Å². The predicted octanol–water partition coefficient (Wildman–Crippen LogP) is 5.79. The zero-order valence-corrected chi connectivity index (χ0v) is 37.4. The number of benzene rings is 2. The van der Waals surface area contributed by atoms with Crippen LogP contribution in [0, 0.1) is 11.3 Å². The van der Waals surface area contributed by atoms with Crippen LogP contribution >= 0.6 is 0 Å². The number of nitrogens with zero attached hydrogens (tertiary/aromatic N) is 8. The van der Waals surface area contributed by atoms with Gasteiger partial charge in [-0.2, -0.15) is 18.9 Å². The Morgan fingerprint density at radius 3 is 2.40 bits per heavy atom. The molecule has 1 unspecified atom stereocenters. The number of hydrogen-bond acceptors (Lipinski definition) is 12. The van der Waals surface area contributed by atoms with E-state index in [1.807, 2.05) is 6.20 Å². The van der Waals surface area contributed by atoms with Crippen LogP contribution in [-0.2, 0) is 14.4 Å². The Hall–Kier alpha value is -6.17. The van der Waals surface area contributed by atoms with E-state index in [1.54, 1.807) is 42.9 Å². The van der Waals surface area contributed by atoms with Crippen LogP contribution < -0.4 is 35.4 Å². The summed E-state index contributed by atoms with van der Waals surface area (Å²) in [5, 5.41) is 13.2. The number of aromatic nitrogens is 4. The van der Waals surface area contributed by atoms with Crippen LogP contribution in [0.25, 0.3) is 11.1 Å². The summed E-state index contributed by atoms with van der Waals surface area (Å²) in [7, 11) is 2.79. The number of imide groups is 1. The second-order valence-corrected chi connectivity index (χ2v) is 18.8. The van der Waals surface area contributed by atoms with E-state index in [9.17, 15) is 28.0 Å². The summed E-state index contributed by atoms with van der Waals surface area (Å²) in [6.07, 6.45) is 12.3. The quantitative estimate of drug-likeness (QED) is 0.155. The lowest BCUT2D eigenvalue weighted by Crippen LogP contribution is -2.55. The average molecular weight is 894 g/mol. The van der Waals surface area contributed by atoms with Gasteiger partial charge in [0, 0.05) is 68.2 Å². The van der Waals surface area contributed by atoms with Gasteiger partial charge >= 0.3 is 5.92 Å². The number of carbonyl (C=O) groups is 4. The smallest absolute Gasteiger partial charge is 0.342 e. The fourth-order valence-electron chi connectivity index (χ4n) is 10.2. The Morgan fingerprint density at radius 2 is 1.71 bits per heavy atom. The Morgan fingerprint density at radius 1 is 0.969 bits per heavy atom. The third-order valence-electron chi connectivity index (χ3n) is 14.1. The number of piperidine rings is 3. The Bertz CT molecular complexity index is 2440. The molecule has 3 saturated heterocycles. The third-order valence-corrected chi connectivity index (χ3v) is 14.1. The molecule has 0 radical (unpaired) electrons. The van der Waals surface area contributed by atoms with E-state index in [1.165, 1.54) is 30.9 Å². The van der Waals surface area contributed by atoms with Gasteiger partial charge in [-0.25, -0.2) is 4.98 Å². The molecule has 1 aliphatic carbocycles. The van der Waals surface area contributed by atoms with Crippen LogP contribution in [0.1, 0.15) is 81.6 Å². The molecule has 18 heteroatoms. The van der Waals surface area contributed by atoms with Crippen molar-refractivity contribution >= 4 is 52.5 Å². The molecule has 4 aliphatic heterocycles. The molecular weight excluding hydrogens is 837 g/mol. The van der Waals surface area contributed by atoms with Crippen molar-refractivity contribution in [3.05, 3.63) is 66.6 Å². The number of likely N-dealkylation sites (tertiary alicyclic amines) is 1. The summed E-state index contributed by atoms with van der Waals surface area (Å²) in [5.41, 5.74) is 4.59. The molecule has 2 aromatic heterocycles. The summed E-state index contributed by atoms with van der Waals surface area (Å²) in [4.78, 5) is 66.1. The molecular formula is C47H57F2N11O5. The maximum absolute atomic E-state index is 14.8. The topological polar surface area (TPSA) is 170 Å². The summed E-state index contributed by atoms with van der Waals surface area (Å²) in [6, 6.07) is 12.9. The van der Waals surface area contributed by atoms with Crippen molar-refractivity contribution in [2.75, 3.05) is 73.4 Å². The first-order chi connectivity index (χ1) is 31.2. The Labute approximate surface area is 377 Å². The van der Waals surface area contributed by atoms with Gasteiger partial charge in [-0.05, 0) is 119 Å². The molecule has 4 aromatic rings. The number of halogens is 2. The highest BCUT2D eigenvalue weighted by Crippen LogP contribution is 2.49. The molecule has 0 bridgehead atoms. The first kappa shape index (κ1) is 44.1. The third kappa shape index (κ3) is 9.09. The van der Waals surface area contributed by atoms with Crippen molar-refractivity contribution < 1.29 is 32.7 Å². The molecule has 344 valence electrons. The van der Waals surface area contributed by atoms with E-state index in [0.29, 0.717) is 35.8 Å². The molecule has 4 fully saturated rings. The largest absolute Gasteiger partial charge is 0.495 e. The number of carbonyl (C=O) groups excluding carboxylic acids is 4. The highest BCUT2D eigenvalue weighted by Gasteiger charge is 2.48. The fraction of sp³-hybridized carbons (Fsp3) is 0.511. The highest BCUT2D eigenvalue weighted by molar-refractivity contribution is 6.02. The van der Waals surface area contributed by atoms with Gasteiger partial charge < -0.3 is 35.0 Å². The lowest BCUT2D eigenvalue weighted by molar-refractivity contribution is -0.140. The van der Waals surface area contributed by atoms with Crippen LogP contribution in [0.15, 0.2) is 61.1 Å². The lowest BCUT2D eigenvalue weighted by atomic mass is 9.60. The molecule has 1 saturated carbocycles. The SMILES string of the molecule is COc1cc(C(=O)NC2CC3(CCN(CC4CCN(c5ccc(-c6cnn(C7CCC(=O)NC7=O)c6)cc5)CC4)CC3)C2)ccc1Nc1ncc2c(n1)N(C(C)C)CC(F)(F)C(=O)N2C. The maximum atomic E-state index is 14.8. The Balaban J connectivity index is 0.716. The predicted molar refractivity (Wildman–Crippen MR) is 242 cm³/mol. The van der Waals surface area contributed by atoms with Crippen molar-refractivity contribution in [2.24, 2.45) is 11.3 Å². The van der Waals surface area contributed by atoms with E-state index in [0.717, 1.165) is 87.3 Å². The lowest BCUT2D eigenvalue weighted by Gasteiger charge is -2.52. The van der Waals surface area contributed by atoms with E-state index in [2.05, 4.69) is 65.1 Å². The average Bonchev–Trinajstić information content (AvgIpc) is 3.76. The van der Waals surface area contributed by atoms with Gasteiger partial charge in [0.25, 0.3) is 17.7 Å². The number of rotatable bonds is 11. The van der Waals surface area contributed by atoms with Crippen LogP contribution in [0.3, 0.4) is 0 Å². The minimum Gasteiger partial charge on any atom is -0.495 e. The molecule has 6 heterocycles. The standard InChI is InChI=1S/C47H57F2N11O5/c1-29(2)59-28-47(48,49)44(64)56(3)38-25-50-45(55-41(38)59)53-36-10-7-32(21-39(36)65-4)42(62)52-34-22-46(23-34)15-19-57(20-16-46)26-30-13-17-58(18-14-30)35-8-5-31(6-9-35)33-24-51-60(27-33)37-11-12-40(61)54-43(37)63/h5-10,21,24-25,27,29-30,34,37H,11-20,22-23,26,28H2,1-4H3,(H,52,62)(H,50,53,55)(H,54,61,63). The maximum Gasteiger partial charge on any atom is 0.342 e. The van der Waals surface area contributed by atoms with Gasteiger partial charge in [0.2, 0.25) is 11.9 Å². The summed E-state index contributed by atoms with van der Waals surface area (Å²) in [5.74, 6) is -4.22. The number of methoxy groups -OCH3 is 1. The zero-order chi connectivity index (χ0) is 45.6. The molecule has 1 spiro atoms. The highest BCUT2D eigenvalue weighted by atomic mass is 19.3. The van der Waals surface area contributed by atoms with E-state index < -0.39 is 24.4 Å². The summed E-state index contributed by atoms with van der Waals surface area (Å²) >= 11 is 0. The Kier molecular flexibility index (Phi) is 12.0. The molecule has 2 aromatic carbocycles.